The lowest BCUT2D eigenvalue weighted by Crippen LogP contribution is -2.19. The van der Waals surface area contributed by atoms with Gasteiger partial charge in [-0.15, -0.1) is 0 Å². The van der Waals surface area contributed by atoms with E-state index in [1.807, 2.05) is 12.3 Å². The zero-order chi connectivity index (χ0) is 13.0. The SMILES string of the molecule is CC(Cc1ccsc1)Nc1cncc(C(=O)O)n1. The molecule has 0 spiro atoms. The molecule has 0 aromatic carbocycles. The van der Waals surface area contributed by atoms with E-state index in [0.29, 0.717) is 5.82 Å². The summed E-state index contributed by atoms with van der Waals surface area (Å²) < 4.78 is 0. The first-order chi connectivity index (χ1) is 8.65. The molecule has 2 aromatic rings. The van der Waals surface area contributed by atoms with Crippen LogP contribution in [-0.4, -0.2) is 27.1 Å². The highest BCUT2D eigenvalue weighted by molar-refractivity contribution is 7.07. The van der Waals surface area contributed by atoms with E-state index in [0.717, 1.165) is 6.42 Å². The monoisotopic (exact) mass is 263 g/mol. The number of rotatable bonds is 5. The summed E-state index contributed by atoms with van der Waals surface area (Å²) in [4.78, 5) is 18.6. The smallest absolute Gasteiger partial charge is 0.356 e. The number of carbonyl (C=O) groups is 1. The van der Waals surface area contributed by atoms with Crippen molar-refractivity contribution < 1.29 is 9.90 Å². The third-order valence-electron chi connectivity index (χ3n) is 2.37. The Labute approximate surface area is 109 Å². The van der Waals surface area contributed by atoms with Crippen molar-refractivity contribution in [3.05, 3.63) is 40.5 Å². The average Bonchev–Trinajstić information content (AvgIpc) is 2.82. The third-order valence-corrected chi connectivity index (χ3v) is 3.10. The molecule has 2 aromatic heterocycles. The van der Waals surface area contributed by atoms with Gasteiger partial charge in [0.15, 0.2) is 5.69 Å². The fourth-order valence-electron chi connectivity index (χ4n) is 1.60. The Hall–Kier alpha value is -1.95. The first-order valence-electron chi connectivity index (χ1n) is 5.48. The quantitative estimate of drug-likeness (QED) is 0.865. The number of hydrogen-bond donors (Lipinski definition) is 2. The Morgan fingerprint density at radius 1 is 1.56 bits per heavy atom. The summed E-state index contributed by atoms with van der Waals surface area (Å²) in [5.41, 5.74) is 1.20. The Kier molecular flexibility index (Phi) is 3.88. The van der Waals surface area contributed by atoms with Gasteiger partial charge >= 0.3 is 5.97 Å². The Bertz CT molecular complexity index is 528. The van der Waals surface area contributed by atoms with Crippen LogP contribution in [0.3, 0.4) is 0 Å². The van der Waals surface area contributed by atoms with Gasteiger partial charge in [0.2, 0.25) is 0 Å². The van der Waals surface area contributed by atoms with Crippen LogP contribution >= 0.6 is 11.3 Å². The second-order valence-electron chi connectivity index (χ2n) is 3.98. The molecule has 0 saturated heterocycles. The molecular weight excluding hydrogens is 250 g/mol. The van der Waals surface area contributed by atoms with Gasteiger partial charge in [-0.05, 0) is 35.7 Å². The van der Waals surface area contributed by atoms with Gasteiger partial charge in [0.1, 0.15) is 5.82 Å². The second-order valence-corrected chi connectivity index (χ2v) is 4.76. The van der Waals surface area contributed by atoms with Crippen molar-refractivity contribution in [1.29, 1.82) is 0 Å². The van der Waals surface area contributed by atoms with Gasteiger partial charge in [-0.1, -0.05) is 0 Å². The summed E-state index contributed by atoms with van der Waals surface area (Å²) in [6.07, 6.45) is 3.62. The van der Waals surface area contributed by atoms with Gasteiger partial charge in [0.05, 0.1) is 12.4 Å². The molecule has 1 atom stereocenters. The molecule has 0 bridgehead atoms. The Balaban J connectivity index is 2.00. The maximum atomic E-state index is 10.8. The Morgan fingerprint density at radius 3 is 3.06 bits per heavy atom. The van der Waals surface area contributed by atoms with Crippen LogP contribution in [0.4, 0.5) is 5.82 Å². The minimum Gasteiger partial charge on any atom is -0.476 e. The minimum absolute atomic E-state index is 0.0530. The molecule has 2 N–H and O–H groups in total. The molecule has 0 radical (unpaired) electrons. The van der Waals surface area contributed by atoms with Crippen LogP contribution < -0.4 is 5.32 Å². The van der Waals surface area contributed by atoms with E-state index in [2.05, 4.69) is 26.7 Å². The van der Waals surface area contributed by atoms with Gasteiger partial charge in [-0.25, -0.2) is 9.78 Å². The molecule has 0 amide bonds. The van der Waals surface area contributed by atoms with Crippen molar-refractivity contribution in [2.45, 2.75) is 19.4 Å². The molecule has 6 heteroatoms. The molecule has 5 nitrogen and oxygen atoms in total. The summed E-state index contributed by atoms with van der Waals surface area (Å²) in [7, 11) is 0. The van der Waals surface area contributed by atoms with Gasteiger partial charge in [-0.3, -0.25) is 4.98 Å². The number of carboxylic acids is 1. The highest BCUT2D eigenvalue weighted by Crippen LogP contribution is 2.11. The number of aromatic carboxylic acids is 1. The van der Waals surface area contributed by atoms with Crippen LogP contribution in [0.15, 0.2) is 29.2 Å². The van der Waals surface area contributed by atoms with Gasteiger partial charge < -0.3 is 10.4 Å². The molecular formula is C12H13N3O2S. The first kappa shape index (κ1) is 12.5. The zero-order valence-electron chi connectivity index (χ0n) is 9.83. The van der Waals surface area contributed by atoms with E-state index >= 15 is 0 Å². The molecule has 0 fully saturated rings. The molecule has 0 saturated carbocycles. The van der Waals surface area contributed by atoms with Crippen LogP contribution in [0.2, 0.25) is 0 Å². The number of thiophene rings is 1. The van der Waals surface area contributed by atoms with Crippen molar-refractivity contribution in [3.63, 3.8) is 0 Å². The summed E-state index contributed by atoms with van der Waals surface area (Å²) in [6.45, 7) is 2.02. The normalized spacial score (nSPS) is 12.1. The molecule has 2 heterocycles. The van der Waals surface area contributed by atoms with Crippen molar-refractivity contribution in [2.24, 2.45) is 0 Å². The lowest BCUT2D eigenvalue weighted by atomic mass is 10.1. The summed E-state index contributed by atoms with van der Waals surface area (Å²) in [6, 6.07) is 2.24. The van der Waals surface area contributed by atoms with Crippen LogP contribution in [0.5, 0.6) is 0 Å². The van der Waals surface area contributed by atoms with E-state index in [4.69, 9.17) is 5.11 Å². The minimum atomic E-state index is -1.07. The molecule has 1 unspecified atom stereocenters. The van der Waals surface area contributed by atoms with Crippen LogP contribution in [-0.2, 0) is 6.42 Å². The van der Waals surface area contributed by atoms with Gasteiger partial charge in [-0.2, -0.15) is 11.3 Å². The number of hydrogen-bond acceptors (Lipinski definition) is 5. The lowest BCUT2D eigenvalue weighted by molar-refractivity contribution is 0.0690. The molecule has 0 aliphatic heterocycles. The molecule has 18 heavy (non-hydrogen) atoms. The largest absolute Gasteiger partial charge is 0.476 e. The van der Waals surface area contributed by atoms with Crippen LogP contribution in [0.25, 0.3) is 0 Å². The van der Waals surface area contributed by atoms with Gasteiger partial charge in [0.25, 0.3) is 0 Å². The van der Waals surface area contributed by atoms with Crippen molar-refractivity contribution in [2.75, 3.05) is 5.32 Å². The fraction of sp³-hybridized carbons (Fsp3) is 0.250. The predicted molar refractivity (Wildman–Crippen MR) is 70.1 cm³/mol. The number of aromatic nitrogens is 2. The lowest BCUT2D eigenvalue weighted by Gasteiger charge is -2.13. The average molecular weight is 263 g/mol. The van der Waals surface area contributed by atoms with E-state index < -0.39 is 5.97 Å². The van der Waals surface area contributed by atoms with Crippen LogP contribution in [0.1, 0.15) is 23.0 Å². The van der Waals surface area contributed by atoms with E-state index in [1.54, 1.807) is 11.3 Å². The van der Waals surface area contributed by atoms with Crippen molar-refractivity contribution in [3.8, 4) is 0 Å². The van der Waals surface area contributed by atoms with E-state index in [-0.39, 0.29) is 11.7 Å². The first-order valence-corrected chi connectivity index (χ1v) is 6.42. The molecule has 0 aliphatic carbocycles. The standard InChI is InChI=1S/C12H13N3O2S/c1-8(4-9-2-3-18-7-9)14-11-6-13-5-10(15-11)12(16)17/h2-3,5-8H,4H2,1H3,(H,14,15)(H,16,17). The Morgan fingerprint density at radius 2 is 2.39 bits per heavy atom. The second kappa shape index (κ2) is 5.59. The number of carboxylic acid groups (broad SMARTS) is 1. The highest BCUT2D eigenvalue weighted by Gasteiger charge is 2.09. The maximum absolute atomic E-state index is 10.8. The van der Waals surface area contributed by atoms with Gasteiger partial charge in [0, 0.05) is 6.04 Å². The third kappa shape index (κ3) is 3.27. The van der Waals surface area contributed by atoms with Crippen molar-refractivity contribution in [1.82, 2.24) is 9.97 Å². The molecule has 2 rings (SSSR count). The fourth-order valence-corrected chi connectivity index (χ4v) is 2.29. The maximum Gasteiger partial charge on any atom is 0.356 e. The van der Waals surface area contributed by atoms with Crippen molar-refractivity contribution >= 4 is 23.1 Å². The summed E-state index contributed by atoms with van der Waals surface area (Å²) in [5.74, 6) is -0.589. The summed E-state index contributed by atoms with van der Waals surface area (Å²) >= 11 is 1.66. The van der Waals surface area contributed by atoms with Crippen LogP contribution in [0, 0.1) is 0 Å². The predicted octanol–water partition coefficient (Wildman–Crippen LogP) is 2.28. The number of nitrogens with zero attached hydrogens (tertiary/aromatic N) is 2. The zero-order valence-corrected chi connectivity index (χ0v) is 10.6. The highest BCUT2D eigenvalue weighted by atomic mass is 32.1. The molecule has 0 aliphatic rings. The molecule has 94 valence electrons. The topological polar surface area (TPSA) is 75.1 Å². The van der Waals surface area contributed by atoms with E-state index in [1.165, 1.54) is 18.0 Å². The van der Waals surface area contributed by atoms with E-state index in [9.17, 15) is 4.79 Å². The number of anilines is 1. The summed E-state index contributed by atoms with van der Waals surface area (Å²) in [5, 5.41) is 16.1. The number of nitrogens with one attached hydrogen (secondary N) is 1.